The van der Waals surface area contributed by atoms with Crippen LogP contribution in [0.5, 0.6) is 0 Å². The van der Waals surface area contributed by atoms with E-state index in [-0.39, 0.29) is 32.5 Å². The Morgan fingerprint density at radius 1 is 1.24 bits per heavy atom. The number of benzene rings is 1. The van der Waals surface area contributed by atoms with Crippen LogP contribution in [0, 0.1) is 5.41 Å². The van der Waals surface area contributed by atoms with Crippen molar-refractivity contribution in [3.8, 4) is 0 Å². The zero-order valence-corrected chi connectivity index (χ0v) is 14.8. The van der Waals surface area contributed by atoms with Crippen molar-refractivity contribution in [2.45, 2.75) is 32.1 Å². The molecule has 0 aliphatic carbocycles. The van der Waals surface area contributed by atoms with E-state index >= 15 is 0 Å². The number of carbonyl (C=O) groups excluding carboxylic acids is 1. The van der Waals surface area contributed by atoms with Gasteiger partial charge >= 0.3 is 5.97 Å². The number of halogens is 3. The maximum Gasteiger partial charge on any atom is 0.341 e. The lowest BCUT2D eigenvalue weighted by atomic mass is 9.93. The van der Waals surface area contributed by atoms with Gasteiger partial charge in [0.15, 0.2) is 0 Å². The maximum atomic E-state index is 12.0. The quantitative estimate of drug-likeness (QED) is 0.575. The Balaban J connectivity index is 3.05. The molecular formula is C13H15Cl3O4S. The molecule has 0 aliphatic heterocycles. The number of esters is 1. The van der Waals surface area contributed by atoms with Crippen LogP contribution in [0.1, 0.15) is 37.6 Å². The Kier molecular flexibility index (Phi) is 5.95. The highest BCUT2D eigenvalue weighted by atomic mass is 35.7. The minimum Gasteiger partial charge on any atom is -0.462 e. The first-order chi connectivity index (χ1) is 9.43. The predicted octanol–water partition coefficient (Wildman–Crippen LogP) is 4.51. The SMILES string of the molecule is CC(C)(C)CCOC(=O)c1c(Cl)ccc(S(=O)(=O)Cl)c1Cl. The third-order valence-corrected chi connectivity index (χ3v) is 4.79. The minimum atomic E-state index is -4.08. The number of ether oxygens (including phenoxy) is 1. The summed E-state index contributed by atoms with van der Waals surface area (Å²) < 4.78 is 27.8. The molecular weight excluding hydrogens is 359 g/mol. The van der Waals surface area contributed by atoms with E-state index in [0.717, 1.165) is 6.07 Å². The number of rotatable bonds is 4. The Morgan fingerprint density at radius 2 is 1.81 bits per heavy atom. The molecule has 0 spiro atoms. The van der Waals surface area contributed by atoms with E-state index in [1.165, 1.54) is 6.07 Å². The smallest absolute Gasteiger partial charge is 0.341 e. The van der Waals surface area contributed by atoms with Crippen molar-refractivity contribution in [3.05, 3.63) is 27.7 Å². The highest BCUT2D eigenvalue weighted by molar-refractivity contribution is 8.13. The molecule has 0 N–H and O–H groups in total. The average molecular weight is 374 g/mol. The maximum absolute atomic E-state index is 12.0. The van der Waals surface area contributed by atoms with Crippen molar-refractivity contribution >= 4 is 48.9 Å². The van der Waals surface area contributed by atoms with Crippen LogP contribution in [0.15, 0.2) is 17.0 Å². The van der Waals surface area contributed by atoms with Crippen LogP contribution in [0.25, 0.3) is 0 Å². The molecule has 1 aromatic rings. The molecule has 0 fully saturated rings. The molecule has 4 nitrogen and oxygen atoms in total. The summed E-state index contributed by atoms with van der Waals surface area (Å²) in [5.41, 5.74) is -0.205. The van der Waals surface area contributed by atoms with Gasteiger partial charge in [-0.15, -0.1) is 0 Å². The summed E-state index contributed by atoms with van der Waals surface area (Å²) in [6, 6.07) is 2.38. The van der Waals surface area contributed by atoms with Crippen LogP contribution >= 0.6 is 33.9 Å². The monoisotopic (exact) mass is 372 g/mol. The molecule has 0 atom stereocenters. The lowest BCUT2D eigenvalue weighted by Crippen LogP contribution is -2.14. The third-order valence-electron chi connectivity index (χ3n) is 2.61. The van der Waals surface area contributed by atoms with E-state index in [4.69, 9.17) is 38.6 Å². The number of hydrogen-bond acceptors (Lipinski definition) is 4. The van der Waals surface area contributed by atoms with Crippen LogP contribution in [-0.4, -0.2) is 21.0 Å². The minimum absolute atomic E-state index is 0.00447. The molecule has 0 saturated heterocycles. The highest BCUT2D eigenvalue weighted by Gasteiger charge is 2.25. The Hall–Kier alpha value is -0.490. The van der Waals surface area contributed by atoms with Crippen LogP contribution in [0.2, 0.25) is 10.0 Å². The molecule has 118 valence electrons. The van der Waals surface area contributed by atoms with Crippen molar-refractivity contribution in [2.24, 2.45) is 5.41 Å². The summed E-state index contributed by atoms with van der Waals surface area (Å²) >= 11 is 11.8. The van der Waals surface area contributed by atoms with Gasteiger partial charge in [-0.1, -0.05) is 44.0 Å². The van der Waals surface area contributed by atoms with Gasteiger partial charge in [0.2, 0.25) is 0 Å². The molecule has 0 heterocycles. The van der Waals surface area contributed by atoms with Gasteiger partial charge in [0.1, 0.15) is 4.90 Å². The molecule has 1 rings (SSSR count). The zero-order chi connectivity index (χ0) is 16.4. The fourth-order valence-electron chi connectivity index (χ4n) is 1.43. The fourth-order valence-corrected chi connectivity index (χ4v) is 3.31. The summed E-state index contributed by atoms with van der Waals surface area (Å²) in [5, 5.41) is -0.330. The lowest BCUT2D eigenvalue weighted by Gasteiger charge is -2.18. The molecule has 0 radical (unpaired) electrons. The lowest BCUT2D eigenvalue weighted by molar-refractivity contribution is 0.0465. The highest BCUT2D eigenvalue weighted by Crippen LogP contribution is 2.33. The normalized spacial score (nSPS) is 12.3. The second-order valence-electron chi connectivity index (χ2n) is 5.62. The van der Waals surface area contributed by atoms with E-state index < -0.39 is 15.0 Å². The van der Waals surface area contributed by atoms with Crippen LogP contribution in [0.4, 0.5) is 0 Å². The molecule has 0 bridgehead atoms. The van der Waals surface area contributed by atoms with Crippen molar-refractivity contribution in [3.63, 3.8) is 0 Å². The summed E-state index contributed by atoms with van der Waals surface area (Å²) in [6.07, 6.45) is 0.640. The molecule has 8 heteroatoms. The molecule has 1 aromatic carbocycles. The second-order valence-corrected chi connectivity index (χ2v) is 8.94. The Bertz CT molecular complexity index is 648. The van der Waals surface area contributed by atoms with E-state index in [1.807, 2.05) is 20.8 Å². The molecule has 0 saturated carbocycles. The second kappa shape index (κ2) is 6.73. The van der Waals surface area contributed by atoms with Gasteiger partial charge < -0.3 is 4.74 Å². The van der Waals surface area contributed by atoms with Gasteiger partial charge in [-0.3, -0.25) is 0 Å². The molecule has 0 unspecified atom stereocenters. The third kappa shape index (κ3) is 5.33. The first-order valence-corrected chi connectivity index (χ1v) is 9.10. The first kappa shape index (κ1) is 18.6. The van der Waals surface area contributed by atoms with Gasteiger partial charge in [-0.25, -0.2) is 13.2 Å². The fraction of sp³-hybridized carbons (Fsp3) is 0.462. The van der Waals surface area contributed by atoms with Crippen LogP contribution in [0.3, 0.4) is 0 Å². The summed E-state index contributed by atoms with van der Waals surface area (Å²) in [5.74, 6) is -0.781. The van der Waals surface area contributed by atoms with Crippen molar-refractivity contribution in [1.29, 1.82) is 0 Å². The van der Waals surface area contributed by atoms with Gasteiger partial charge in [0.05, 0.1) is 22.2 Å². The van der Waals surface area contributed by atoms with E-state index in [9.17, 15) is 13.2 Å². The van der Waals surface area contributed by atoms with Gasteiger partial charge in [0.25, 0.3) is 9.05 Å². The molecule has 21 heavy (non-hydrogen) atoms. The molecule has 0 aromatic heterocycles. The average Bonchev–Trinajstić information content (AvgIpc) is 2.25. The van der Waals surface area contributed by atoms with Crippen molar-refractivity contribution in [1.82, 2.24) is 0 Å². The van der Waals surface area contributed by atoms with E-state index in [0.29, 0.717) is 6.42 Å². The summed E-state index contributed by atoms with van der Waals surface area (Å²) in [7, 11) is 1.17. The Morgan fingerprint density at radius 3 is 2.29 bits per heavy atom. The number of hydrogen-bond donors (Lipinski definition) is 0. The van der Waals surface area contributed by atoms with Crippen LogP contribution < -0.4 is 0 Å². The summed E-state index contributed by atoms with van der Waals surface area (Å²) in [6.45, 7) is 6.18. The standard InChI is InChI=1S/C13H15Cl3O4S/c1-13(2,3)6-7-20-12(17)10-8(14)4-5-9(11(10)15)21(16,18)19/h4-5H,6-7H2,1-3H3. The predicted molar refractivity (Wildman–Crippen MR) is 83.9 cm³/mol. The molecule has 0 aliphatic rings. The zero-order valence-electron chi connectivity index (χ0n) is 11.7. The van der Waals surface area contributed by atoms with Crippen molar-refractivity contribution in [2.75, 3.05) is 6.61 Å². The topological polar surface area (TPSA) is 60.4 Å². The summed E-state index contributed by atoms with van der Waals surface area (Å²) in [4.78, 5) is 11.6. The Labute approximate surface area is 138 Å². The molecule has 0 amide bonds. The first-order valence-electron chi connectivity index (χ1n) is 6.03. The van der Waals surface area contributed by atoms with E-state index in [1.54, 1.807) is 0 Å². The van der Waals surface area contributed by atoms with Crippen molar-refractivity contribution < 1.29 is 17.9 Å². The largest absolute Gasteiger partial charge is 0.462 e. The van der Waals surface area contributed by atoms with Gasteiger partial charge in [-0.2, -0.15) is 0 Å². The number of carbonyl (C=O) groups is 1. The van der Waals surface area contributed by atoms with Gasteiger partial charge in [0, 0.05) is 10.7 Å². The van der Waals surface area contributed by atoms with Crippen LogP contribution in [-0.2, 0) is 13.8 Å². The van der Waals surface area contributed by atoms with E-state index in [2.05, 4.69) is 0 Å². The van der Waals surface area contributed by atoms with Gasteiger partial charge in [-0.05, 0) is 24.0 Å².